The summed E-state index contributed by atoms with van der Waals surface area (Å²) in [6.07, 6.45) is -4.83. The summed E-state index contributed by atoms with van der Waals surface area (Å²) in [6.45, 7) is 1.24. The highest BCUT2D eigenvalue weighted by atomic mass is 35.5. The molecule has 1 fully saturated rings. The number of alkyl halides is 3. The Bertz CT molecular complexity index is 675. The molecule has 1 aromatic carbocycles. The first-order valence-electron chi connectivity index (χ1n) is 7.32. The van der Waals surface area contributed by atoms with Gasteiger partial charge < -0.3 is 10.0 Å². The van der Waals surface area contributed by atoms with Crippen LogP contribution in [0.3, 0.4) is 0 Å². The van der Waals surface area contributed by atoms with Gasteiger partial charge in [-0.3, -0.25) is 9.59 Å². The molecule has 0 radical (unpaired) electrons. The zero-order valence-electron chi connectivity index (χ0n) is 13.2. The van der Waals surface area contributed by atoms with Crippen molar-refractivity contribution in [3.8, 4) is 0 Å². The van der Waals surface area contributed by atoms with Crippen LogP contribution in [0.4, 0.5) is 13.2 Å². The van der Waals surface area contributed by atoms with E-state index in [1.54, 1.807) is 6.07 Å². The van der Waals surface area contributed by atoms with Crippen LogP contribution >= 0.6 is 11.6 Å². The smallest absolute Gasteiger partial charge is 0.382 e. The van der Waals surface area contributed by atoms with Crippen molar-refractivity contribution in [1.82, 2.24) is 4.90 Å². The molecule has 0 aromatic heterocycles. The molecule has 1 aliphatic rings. The highest BCUT2D eigenvalue weighted by Crippen LogP contribution is 2.46. The number of Topliss-reactive ketones (excluding diaryl/α,β-unsaturated/α-hetero) is 1. The summed E-state index contributed by atoms with van der Waals surface area (Å²) < 4.78 is 38.9. The molecule has 1 aliphatic carbocycles. The largest absolute Gasteiger partial charge is 0.471 e. The first-order valence-corrected chi connectivity index (χ1v) is 7.69. The maximum absolute atomic E-state index is 13.0. The fraction of sp³-hybridized carbons (Fsp3) is 0.500. The molecule has 1 N–H and O–H groups in total. The fourth-order valence-electron chi connectivity index (χ4n) is 3.28. The van der Waals surface area contributed by atoms with Gasteiger partial charge in [0.2, 0.25) is 0 Å². The quantitative estimate of drug-likeness (QED) is 0.878. The summed E-state index contributed by atoms with van der Waals surface area (Å²) in [7, 11) is 0.915. The average Bonchev–Trinajstić information content (AvgIpc) is 2.48. The van der Waals surface area contributed by atoms with Crippen molar-refractivity contribution in [2.24, 2.45) is 0 Å². The normalized spacial score (nSPS) is 27.9. The Balaban J connectivity index is 2.70. The Hall–Kier alpha value is -1.60. The van der Waals surface area contributed by atoms with Gasteiger partial charge in [-0.2, -0.15) is 13.2 Å². The second-order valence-corrected chi connectivity index (χ2v) is 6.57. The highest BCUT2D eigenvalue weighted by molar-refractivity contribution is 6.32. The predicted octanol–water partition coefficient (Wildman–Crippen LogP) is 3.06. The van der Waals surface area contributed by atoms with Gasteiger partial charge in [0.25, 0.3) is 0 Å². The molecule has 0 aliphatic heterocycles. The van der Waals surface area contributed by atoms with Gasteiger partial charge in [0.05, 0.1) is 0 Å². The molecular weight excluding hydrogens is 347 g/mol. The maximum atomic E-state index is 13.0. The Morgan fingerprint density at radius 1 is 1.29 bits per heavy atom. The van der Waals surface area contributed by atoms with E-state index >= 15 is 0 Å². The molecule has 0 bridgehead atoms. The van der Waals surface area contributed by atoms with Gasteiger partial charge in [-0.1, -0.05) is 29.8 Å². The zero-order valence-corrected chi connectivity index (χ0v) is 13.9. The van der Waals surface area contributed by atoms with E-state index in [1.807, 2.05) is 0 Å². The third-order valence-electron chi connectivity index (χ3n) is 4.51. The van der Waals surface area contributed by atoms with Crippen molar-refractivity contribution in [1.29, 1.82) is 0 Å². The van der Waals surface area contributed by atoms with E-state index in [2.05, 4.69) is 0 Å². The van der Waals surface area contributed by atoms with Crippen LogP contribution in [0.5, 0.6) is 0 Å². The van der Waals surface area contributed by atoms with Crippen LogP contribution in [0, 0.1) is 0 Å². The molecule has 1 amide bonds. The minimum atomic E-state index is -5.15. The fourth-order valence-corrected chi connectivity index (χ4v) is 3.57. The van der Waals surface area contributed by atoms with Gasteiger partial charge in [0.15, 0.2) is 5.78 Å². The lowest BCUT2D eigenvalue weighted by Crippen LogP contribution is -2.63. The Morgan fingerprint density at radius 2 is 1.88 bits per heavy atom. The molecule has 24 heavy (non-hydrogen) atoms. The van der Waals surface area contributed by atoms with Gasteiger partial charge in [0.1, 0.15) is 11.1 Å². The van der Waals surface area contributed by atoms with Gasteiger partial charge in [-0.05, 0) is 32.3 Å². The number of carbonyl (C=O) groups excluding carboxylic acids is 2. The molecule has 0 heterocycles. The molecule has 132 valence electrons. The van der Waals surface area contributed by atoms with E-state index in [0.717, 1.165) is 7.05 Å². The van der Waals surface area contributed by atoms with Gasteiger partial charge >= 0.3 is 12.1 Å². The molecule has 1 aromatic rings. The van der Waals surface area contributed by atoms with Crippen LogP contribution in [0.1, 0.15) is 31.7 Å². The van der Waals surface area contributed by atoms with E-state index < -0.39 is 29.0 Å². The monoisotopic (exact) mass is 363 g/mol. The number of nitrogens with zero attached hydrogens (tertiary/aromatic N) is 1. The van der Waals surface area contributed by atoms with Crippen LogP contribution in [-0.2, 0) is 15.1 Å². The predicted molar refractivity (Wildman–Crippen MR) is 81.4 cm³/mol. The van der Waals surface area contributed by atoms with Gasteiger partial charge in [-0.15, -0.1) is 0 Å². The summed E-state index contributed by atoms with van der Waals surface area (Å²) in [6, 6.07) is 5.92. The minimum Gasteiger partial charge on any atom is -0.382 e. The van der Waals surface area contributed by atoms with Crippen LogP contribution in [-0.4, -0.2) is 40.5 Å². The second kappa shape index (κ2) is 6.04. The Kier molecular flexibility index (Phi) is 4.71. The summed E-state index contributed by atoms with van der Waals surface area (Å²) in [5, 5.41) is 10.4. The van der Waals surface area contributed by atoms with Crippen LogP contribution < -0.4 is 0 Å². The van der Waals surface area contributed by atoms with Crippen molar-refractivity contribution in [2.75, 3.05) is 7.05 Å². The van der Waals surface area contributed by atoms with E-state index in [-0.39, 0.29) is 29.8 Å². The van der Waals surface area contributed by atoms with Gasteiger partial charge in [-0.25, -0.2) is 0 Å². The number of halogens is 4. The molecular formula is C16H17ClF3NO3. The van der Waals surface area contributed by atoms with Crippen molar-refractivity contribution in [2.45, 2.75) is 43.5 Å². The summed E-state index contributed by atoms with van der Waals surface area (Å²) in [4.78, 5) is 25.1. The van der Waals surface area contributed by atoms with Crippen LogP contribution in [0.15, 0.2) is 24.3 Å². The molecule has 0 spiro atoms. The number of carbonyl (C=O) groups is 2. The number of amides is 1. The third kappa shape index (κ3) is 2.91. The van der Waals surface area contributed by atoms with Crippen LogP contribution in [0.25, 0.3) is 0 Å². The third-order valence-corrected chi connectivity index (χ3v) is 4.84. The molecule has 2 atom stereocenters. The van der Waals surface area contributed by atoms with E-state index in [1.165, 1.54) is 25.1 Å². The zero-order chi connectivity index (χ0) is 18.3. The number of hydrogen-bond donors (Lipinski definition) is 1. The van der Waals surface area contributed by atoms with Crippen molar-refractivity contribution >= 4 is 23.3 Å². The van der Waals surface area contributed by atoms with E-state index in [0.29, 0.717) is 4.90 Å². The first-order chi connectivity index (χ1) is 10.9. The number of benzene rings is 1. The number of likely N-dealkylation sites (N-methyl/N-ethyl adjacent to an activating group) is 1. The average molecular weight is 364 g/mol. The van der Waals surface area contributed by atoms with Crippen molar-refractivity contribution < 1.29 is 27.9 Å². The number of hydrogen-bond acceptors (Lipinski definition) is 3. The lowest BCUT2D eigenvalue weighted by molar-refractivity contribution is -0.195. The molecule has 4 nitrogen and oxygen atoms in total. The maximum Gasteiger partial charge on any atom is 0.471 e. The number of ketones is 1. The van der Waals surface area contributed by atoms with Crippen molar-refractivity contribution in [3.05, 3.63) is 34.9 Å². The molecule has 0 saturated heterocycles. The standard InChI is InChI=1S/C16H17ClF3NO3/c1-14(24)8-5-9-15(12(14)22,10-6-3-4-7-11(10)17)21(2)13(23)16(18,19)20/h3-4,6-7,24H,5,8-9H2,1-2H3/t14-,15+/m0/s1. The topological polar surface area (TPSA) is 57.6 Å². The summed E-state index contributed by atoms with van der Waals surface area (Å²) in [5.74, 6) is -3.03. The lowest BCUT2D eigenvalue weighted by atomic mass is 9.68. The van der Waals surface area contributed by atoms with Crippen molar-refractivity contribution in [3.63, 3.8) is 0 Å². The molecule has 8 heteroatoms. The molecule has 1 saturated carbocycles. The molecule has 0 unspecified atom stereocenters. The van der Waals surface area contributed by atoms with Gasteiger partial charge in [0, 0.05) is 17.6 Å². The minimum absolute atomic E-state index is 0.0516. The first kappa shape index (κ1) is 18.7. The Labute approximate surface area is 142 Å². The Morgan fingerprint density at radius 3 is 2.42 bits per heavy atom. The number of rotatable bonds is 2. The van der Waals surface area contributed by atoms with E-state index in [4.69, 9.17) is 11.6 Å². The van der Waals surface area contributed by atoms with Crippen LogP contribution in [0.2, 0.25) is 5.02 Å². The van der Waals surface area contributed by atoms with E-state index in [9.17, 15) is 27.9 Å². The number of aliphatic hydroxyl groups is 1. The highest BCUT2D eigenvalue weighted by Gasteiger charge is 2.58. The summed E-state index contributed by atoms with van der Waals surface area (Å²) >= 11 is 6.12. The summed E-state index contributed by atoms with van der Waals surface area (Å²) in [5.41, 5.74) is -3.73. The lowest BCUT2D eigenvalue weighted by Gasteiger charge is -2.48. The SMILES string of the molecule is CN(C(=O)C(F)(F)F)[C@@]1(c2ccccc2Cl)CCC[C@](C)(O)C1=O. The second-order valence-electron chi connectivity index (χ2n) is 6.16. The molecule has 2 rings (SSSR count).